The lowest BCUT2D eigenvalue weighted by atomic mass is 10.0. The van der Waals surface area contributed by atoms with Crippen LogP contribution in [0.25, 0.3) is 11.1 Å². The van der Waals surface area contributed by atoms with E-state index >= 15 is 0 Å². The van der Waals surface area contributed by atoms with Crippen molar-refractivity contribution in [1.82, 2.24) is 0 Å². The largest absolute Gasteiger partial charge is 0.399 e. The zero-order chi connectivity index (χ0) is 16.9. The molecule has 0 aliphatic heterocycles. The third-order valence-corrected chi connectivity index (χ3v) is 3.54. The molecule has 0 heterocycles. The van der Waals surface area contributed by atoms with Crippen molar-refractivity contribution in [3.05, 3.63) is 94.0 Å². The van der Waals surface area contributed by atoms with E-state index in [4.69, 9.17) is 5.73 Å². The second-order valence-electron chi connectivity index (χ2n) is 5.23. The molecule has 2 N–H and O–H groups in total. The van der Waals surface area contributed by atoms with E-state index in [1.54, 1.807) is 36.4 Å². The molecule has 116 valence electrons. The lowest BCUT2D eigenvalue weighted by Gasteiger charge is -2.04. The Balaban J connectivity index is 2.01. The Hall–Kier alpha value is -3.58. The fraction of sp³-hybridized carbons (Fsp3) is 0. The molecule has 24 heavy (non-hydrogen) atoms. The highest BCUT2D eigenvalue weighted by atomic mass is 16.6. The molecule has 0 aromatic heterocycles. The Labute approximate surface area is 139 Å². The van der Waals surface area contributed by atoms with Gasteiger partial charge in [0.15, 0.2) is 0 Å². The fourth-order valence-corrected chi connectivity index (χ4v) is 2.33. The fourth-order valence-electron chi connectivity index (χ4n) is 2.33. The molecule has 3 aromatic carbocycles. The standard InChI is InChI=1S/C20H14N2O2/c21-18-11-9-17(10-12-18)19-13-8-16(14-20(19)22(23)24)7-6-15-4-2-1-3-5-15/h1-5,8-14H,21H2. The van der Waals surface area contributed by atoms with Gasteiger partial charge in [0.1, 0.15) is 0 Å². The third kappa shape index (κ3) is 3.42. The van der Waals surface area contributed by atoms with Crippen molar-refractivity contribution < 1.29 is 4.92 Å². The van der Waals surface area contributed by atoms with Gasteiger partial charge in [0.05, 0.1) is 10.5 Å². The van der Waals surface area contributed by atoms with E-state index in [-0.39, 0.29) is 10.6 Å². The van der Waals surface area contributed by atoms with Crippen molar-refractivity contribution >= 4 is 11.4 Å². The highest BCUT2D eigenvalue weighted by molar-refractivity contribution is 5.75. The maximum atomic E-state index is 11.4. The molecule has 0 aliphatic rings. The van der Waals surface area contributed by atoms with Gasteiger partial charge in [0, 0.05) is 22.9 Å². The minimum atomic E-state index is -0.389. The predicted octanol–water partition coefficient (Wildman–Crippen LogP) is 4.24. The van der Waals surface area contributed by atoms with Crippen LogP contribution >= 0.6 is 0 Å². The smallest absolute Gasteiger partial charge is 0.278 e. The van der Waals surface area contributed by atoms with E-state index in [2.05, 4.69) is 11.8 Å². The molecule has 0 bridgehead atoms. The highest BCUT2D eigenvalue weighted by Crippen LogP contribution is 2.31. The van der Waals surface area contributed by atoms with E-state index < -0.39 is 0 Å². The predicted molar refractivity (Wildman–Crippen MR) is 95.4 cm³/mol. The van der Waals surface area contributed by atoms with Gasteiger partial charge in [0.2, 0.25) is 0 Å². The van der Waals surface area contributed by atoms with Gasteiger partial charge in [-0.1, -0.05) is 42.2 Å². The topological polar surface area (TPSA) is 69.2 Å². The van der Waals surface area contributed by atoms with Crippen molar-refractivity contribution in [2.45, 2.75) is 0 Å². The van der Waals surface area contributed by atoms with Crippen LogP contribution in [0.4, 0.5) is 11.4 Å². The first-order valence-corrected chi connectivity index (χ1v) is 7.35. The third-order valence-electron chi connectivity index (χ3n) is 3.54. The molecular weight excluding hydrogens is 300 g/mol. The quantitative estimate of drug-likeness (QED) is 0.333. The van der Waals surface area contributed by atoms with E-state index in [0.29, 0.717) is 16.8 Å². The van der Waals surface area contributed by atoms with E-state index in [1.807, 2.05) is 30.3 Å². The molecule has 0 amide bonds. The average molecular weight is 314 g/mol. The minimum absolute atomic E-state index is 0.0274. The number of hydrogen-bond donors (Lipinski definition) is 1. The second kappa shape index (κ2) is 6.67. The molecule has 0 saturated carbocycles. The number of anilines is 1. The van der Waals surface area contributed by atoms with E-state index in [1.165, 1.54) is 6.07 Å². The molecule has 0 spiro atoms. The van der Waals surface area contributed by atoms with Gasteiger partial charge in [-0.05, 0) is 42.0 Å². The number of nitro groups is 1. The Morgan fingerprint density at radius 1 is 0.833 bits per heavy atom. The van der Waals surface area contributed by atoms with Crippen molar-refractivity contribution in [2.75, 3.05) is 5.73 Å². The van der Waals surface area contributed by atoms with Gasteiger partial charge in [-0.25, -0.2) is 0 Å². The monoisotopic (exact) mass is 314 g/mol. The number of nitro benzene ring substituents is 1. The summed E-state index contributed by atoms with van der Waals surface area (Å²) in [5.41, 5.74) is 9.07. The van der Waals surface area contributed by atoms with Crippen LogP contribution in [0.5, 0.6) is 0 Å². The van der Waals surface area contributed by atoms with Gasteiger partial charge in [-0.3, -0.25) is 10.1 Å². The Morgan fingerprint density at radius 3 is 2.17 bits per heavy atom. The first-order valence-electron chi connectivity index (χ1n) is 7.35. The number of nitrogens with zero attached hydrogens (tertiary/aromatic N) is 1. The molecule has 4 nitrogen and oxygen atoms in total. The van der Waals surface area contributed by atoms with Gasteiger partial charge in [-0.2, -0.15) is 0 Å². The zero-order valence-electron chi connectivity index (χ0n) is 12.8. The van der Waals surface area contributed by atoms with Gasteiger partial charge < -0.3 is 5.73 Å². The lowest BCUT2D eigenvalue weighted by Crippen LogP contribution is -1.93. The molecule has 0 unspecified atom stereocenters. The van der Waals surface area contributed by atoms with Crippen molar-refractivity contribution in [1.29, 1.82) is 0 Å². The SMILES string of the molecule is Nc1ccc(-c2ccc(C#Cc3ccccc3)cc2[N+](=O)[O-])cc1. The summed E-state index contributed by atoms with van der Waals surface area (Å²) in [6, 6.07) is 21.5. The molecule has 4 heteroatoms. The van der Waals surface area contributed by atoms with Crippen molar-refractivity contribution in [2.24, 2.45) is 0 Å². The number of rotatable bonds is 2. The summed E-state index contributed by atoms with van der Waals surface area (Å²) >= 11 is 0. The average Bonchev–Trinajstić information content (AvgIpc) is 2.61. The summed E-state index contributed by atoms with van der Waals surface area (Å²) in [4.78, 5) is 11.0. The van der Waals surface area contributed by atoms with Crippen LogP contribution in [0.15, 0.2) is 72.8 Å². The molecule has 3 aromatic rings. The molecule has 0 radical (unpaired) electrons. The maximum Gasteiger partial charge on any atom is 0.278 e. The van der Waals surface area contributed by atoms with Crippen LogP contribution in [-0.4, -0.2) is 4.92 Å². The summed E-state index contributed by atoms with van der Waals surface area (Å²) in [7, 11) is 0. The Bertz CT molecular complexity index is 937. The molecule has 0 atom stereocenters. The van der Waals surface area contributed by atoms with Crippen LogP contribution in [-0.2, 0) is 0 Å². The van der Waals surface area contributed by atoms with Crippen molar-refractivity contribution in [3.63, 3.8) is 0 Å². The first kappa shape index (κ1) is 15.3. The zero-order valence-corrected chi connectivity index (χ0v) is 12.8. The van der Waals surface area contributed by atoms with Crippen molar-refractivity contribution in [3.8, 4) is 23.0 Å². The Morgan fingerprint density at radius 2 is 1.50 bits per heavy atom. The van der Waals surface area contributed by atoms with Crippen LogP contribution in [0.1, 0.15) is 11.1 Å². The molecule has 0 saturated heterocycles. The maximum absolute atomic E-state index is 11.4. The first-order chi connectivity index (χ1) is 11.6. The summed E-state index contributed by atoms with van der Waals surface area (Å²) in [6.07, 6.45) is 0. The number of hydrogen-bond acceptors (Lipinski definition) is 3. The number of nitrogens with two attached hydrogens (primary N) is 1. The van der Waals surface area contributed by atoms with Crippen LogP contribution in [0.3, 0.4) is 0 Å². The second-order valence-corrected chi connectivity index (χ2v) is 5.23. The lowest BCUT2D eigenvalue weighted by molar-refractivity contribution is -0.384. The minimum Gasteiger partial charge on any atom is -0.399 e. The summed E-state index contributed by atoms with van der Waals surface area (Å²) in [5, 5.41) is 11.4. The van der Waals surface area contributed by atoms with Crippen LogP contribution in [0, 0.1) is 22.0 Å². The number of nitrogen functional groups attached to an aromatic ring is 1. The summed E-state index contributed by atoms with van der Waals surface area (Å²) in [5.74, 6) is 5.97. The van der Waals surface area contributed by atoms with E-state index in [0.717, 1.165) is 11.1 Å². The van der Waals surface area contributed by atoms with Crippen LogP contribution in [0.2, 0.25) is 0 Å². The number of benzene rings is 3. The van der Waals surface area contributed by atoms with Gasteiger partial charge in [0.25, 0.3) is 5.69 Å². The molecule has 0 fully saturated rings. The summed E-state index contributed by atoms with van der Waals surface area (Å²) in [6.45, 7) is 0. The van der Waals surface area contributed by atoms with Gasteiger partial charge >= 0.3 is 0 Å². The Kier molecular flexibility index (Phi) is 4.26. The molecular formula is C20H14N2O2. The molecule has 3 rings (SSSR count). The highest BCUT2D eigenvalue weighted by Gasteiger charge is 2.15. The summed E-state index contributed by atoms with van der Waals surface area (Å²) < 4.78 is 0. The molecule has 0 aliphatic carbocycles. The normalized spacial score (nSPS) is 9.83. The van der Waals surface area contributed by atoms with E-state index in [9.17, 15) is 10.1 Å². The van der Waals surface area contributed by atoms with Gasteiger partial charge in [-0.15, -0.1) is 0 Å². The van der Waals surface area contributed by atoms with Crippen LogP contribution < -0.4 is 5.73 Å².